The molecule has 0 fully saturated rings. The molecule has 0 unspecified atom stereocenters. The van der Waals surface area contributed by atoms with Crippen LogP contribution in [0.2, 0.25) is 0 Å². The second-order valence-corrected chi connectivity index (χ2v) is 3.87. The summed E-state index contributed by atoms with van der Waals surface area (Å²) in [5, 5.41) is 0. The SMILES string of the molecule is COC(=O)c1ccccc1.NC(=O)/C=C/c1ccncc1. The molecule has 2 aromatic rings. The second kappa shape index (κ2) is 9.03. The quantitative estimate of drug-likeness (QED) is 0.690. The Labute approximate surface area is 123 Å². The Morgan fingerprint density at radius 1 is 1.10 bits per heavy atom. The molecule has 0 aliphatic carbocycles. The number of nitrogens with two attached hydrogens (primary N) is 1. The first-order valence-corrected chi connectivity index (χ1v) is 6.14. The van der Waals surface area contributed by atoms with E-state index in [0.717, 1.165) is 5.56 Å². The van der Waals surface area contributed by atoms with Crippen LogP contribution in [-0.2, 0) is 9.53 Å². The summed E-state index contributed by atoms with van der Waals surface area (Å²) in [6.45, 7) is 0. The summed E-state index contributed by atoms with van der Waals surface area (Å²) in [5.41, 5.74) is 6.40. The summed E-state index contributed by atoms with van der Waals surface area (Å²) in [7, 11) is 1.37. The van der Waals surface area contributed by atoms with Crippen LogP contribution in [0.15, 0.2) is 60.9 Å². The molecule has 0 spiro atoms. The average Bonchev–Trinajstić information content (AvgIpc) is 2.54. The highest BCUT2D eigenvalue weighted by Crippen LogP contribution is 1.99. The van der Waals surface area contributed by atoms with Gasteiger partial charge in [0.15, 0.2) is 0 Å². The molecule has 0 saturated heterocycles. The van der Waals surface area contributed by atoms with Crippen LogP contribution in [0.1, 0.15) is 15.9 Å². The largest absolute Gasteiger partial charge is 0.465 e. The van der Waals surface area contributed by atoms with Crippen molar-refractivity contribution >= 4 is 18.0 Å². The predicted octanol–water partition coefficient (Wildman–Crippen LogP) is 2.05. The first-order chi connectivity index (χ1) is 10.1. The van der Waals surface area contributed by atoms with Crippen molar-refractivity contribution in [3.8, 4) is 0 Å². The molecule has 0 radical (unpaired) electrons. The number of aromatic nitrogens is 1. The number of rotatable bonds is 3. The fourth-order valence-corrected chi connectivity index (χ4v) is 1.35. The lowest BCUT2D eigenvalue weighted by molar-refractivity contribution is -0.113. The summed E-state index contributed by atoms with van der Waals surface area (Å²) in [4.78, 5) is 24.9. The maximum atomic E-state index is 10.8. The number of benzene rings is 1. The maximum Gasteiger partial charge on any atom is 0.337 e. The highest BCUT2D eigenvalue weighted by Gasteiger charge is 2.00. The molecule has 0 saturated carbocycles. The lowest BCUT2D eigenvalue weighted by Gasteiger charge is -1.95. The van der Waals surface area contributed by atoms with Gasteiger partial charge in [-0.25, -0.2) is 4.79 Å². The van der Waals surface area contributed by atoms with Gasteiger partial charge in [0.05, 0.1) is 12.7 Å². The van der Waals surface area contributed by atoms with Gasteiger partial charge in [-0.2, -0.15) is 0 Å². The molecule has 21 heavy (non-hydrogen) atoms. The second-order valence-electron chi connectivity index (χ2n) is 3.87. The van der Waals surface area contributed by atoms with Crippen molar-refractivity contribution in [2.45, 2.75) is 0 Å². The zero-order chi connectivity index (χ0) is 15.5. The molecule has 0 atom stereocenters. The monoisotopic (exact) mass is 284 g/mol. The number of ether oxygens (including phenoxy) is 1. The number of primary amides is 1. The molecular formula is C16H16N2O3. The summed E-state index contributed by atoms with van der Waals surface area (Å²) < 4.78 is 4.50. The Morgan fingerprint density at radius 3 is 2.24 bits per heavy atom. The number of amides is 1. The van der Waals surface area contributed by atoms with Crippen LogP contribution in [0.5, 0.6) is 0 Å². The summed E-state index contributed by atoms with van der Waals surface area (Å²) in [6, 6.07) is 12.5. The van der Waals surface area contributed by atoms with E-state index in [1.54, 1.807) is 54.9 Å². The fraction of sp³-hybridized carbons (Fsp3) is 0.0625. The number of esters is 1. The Morgan fingerprint density at radius 2 is 1.71 bits per heavy atom. The van der Waals surface area contributed by atoms with E-state index in [0.29, 0.717) is 5.56 Å². The molecule has 1 aromatic heterocycles. The van der Waals surface area contributed by atoms with Crippen molar-refractivity contribution in [2.75, 3.05) is 7.11 Å². The Kier molecular flexibility index (Phi) is 6.93. The zero-order valence-electron chi connectivity index (χ0n) is 11.6. The van der Waals surface area contributed by atoms with Gasteiger partial charge in [0.1, 0.15) is 0 Å². The van der Waals surface area contributed by atoms with Crippen LogP contribution >= 0.6 is 0 Å². The molecule has 0 aliphatic heterocycles. The van der Waals surface area contributed by atoms with Gasteiger partial charge in [-0.05, 0) is 35.9 Å². The topological polar surface area (TPSA) is 82.3 Å². The van der Waals surface area contributed by atoms with E-state index in [1.165, 1.54) is 13.2 Å². The van der Waals surface area contributed by atoms with Crippen molar-refractivity contribution in [1.29, 1.82) is 0 Å². The third-order valence-corrected chi connectivity index (χ3v) is 2.34. The molecular weight excluding hydrogens is 268 g/mol. The molecule has 2 rings (SSSR count). The molecule has 2 N–H and O–H groups in total. The van der Waals surface area contributed by atoms with Crippen LogP contribution in [0.4, 0.5) is 0 Å². The predicted molar refractivity (Wildman–Crippen MR) is 80.2 cm³/mol. The van der Waals surface area contributed by atoms with E-state index in [4.69, 9.17) is 5.73 Å². The highest BCUT2D eigenvalue weighted by atomic mass is 16.5. The smallest absolute Gasteiger partial charge is 0.337 e. The van der Waals surface area contributed by atoms with Crippen molar-refractivity contribution in [3.05, 3.63) is 72.1 Å². The van der Waals surface area contributed by atoms with Crippen LogP contribution in [0.3, 0.4) is 0 Å². The first kappa shape index (κ1) is 16.1. The number of methoxy groups -OCH3 is 1. The number of hydrogen-bond donors (Lipinski definition) is 1. The van der Waals surface area contributed by atoms with Crippen LogP contribution in [-0.4, -0.2) is 24.0 Å². The number of carbonyl (C=O) groups excluding carboxylic acids is 2. The van der Waals surface area contributed by atoms with Gasteiger partial charge >= 0.3 is 5.97 Å². The third kappa shape index (κ3) is 6.68. The zero-order valence-corrected chi connectivity index (χ0v) is 11.6. The lowest BCUT2D eigenvalue weighted by Crippen LogP contribution is -2.04. The lowest BCUT2D eigenvalue weighted by atomic mass is 10.2. The standard InChI is InChI=1S/C8H8N2O.C8H8O2/c9-8(11)2-1-7-3-5-10-6-4-7;1-10-8(9)7-5-3-2-4-6-7/h1-6H,(H2,9,11);2-6H,1H3/b2-1+;. The van der Waals surface area contributed by atoms with Gasteiger partial charge in [-0.15, -0.1) is 0 Å². The molecule has 108 valence electrons. The van der Waals surface area contributed by atoms with Crippen molar-refractivity contribution in [2.24, 2.45) is 5.73 Å². The van der Waals surface area contributed by atoms with Crippen LogP contribution in [0.25, 0.3) is 6.08 Å². The van der Waals surface area contributed by atoms with E-state index in [9.17, 15) is 9.59 Å². The van der Waals surface area contributed by atoms with Gasteiger partial charge in [0, 0.05) is 18.5 Å². The van der Waals surface area contributed by atoms with Crippen molar-refractivity contribution < 1.29 is 14.3 Å². The van der Waals surface area contributed by atoms with Crippen molar-refractivity contribution in [1.82, 2.24) is 4.98 Å². The minimum absolute atomic E-state index is 0.291. The fourth-order valence-electron chi connectivity index (χ4n) is 1.35. The van der Waals surface area contributed by atoms with E-state index in [-0.39, 0.29) is 5.97 Å². The average molecular weight is 284 g/mol. The number of carbonyl (C=O) groups is 2. The summed E-state index contributed by atoms with van der Waals surface area (Å²) >= 11 is 0. The maximum absolute atomic E-state index is 10.8. The minimum Gasteiger partial charge on any atom is -0.465 e. The third-order valence-electron chi connectivity index (χ3n) is 2.34. The molecule has 1 aromatic carbocycles. The normalized spacial score (nSPS) is 9.57. The van der Waals surface area contributed by atoms with Gasteiger partial charge < -0.3 is 10.5 Å². The Hall–Kier alpha value is -2.95. The number of pyridine rings is 1. The van der Waals surface area contributed by atoms with E-state index >= 15 is 0 Å². The van der Waals surface area contributed by atoms with Gasteiger partial charge in [0.2, 0.25) is 5.91 Å². The van der Waals surface area contributed by atoms with Crippen LogP contribution < -0.4 is 5.73 Å². The van der Waals surface area contributed by atoms with Gasteiger partial charge in [0.25, 0.3) is 0 Å². The molecule has 5 nitrogen and oxygen atoms in total. The molecule has 0 bridgehead atoms. The van der Waals surface area contributed by atoms with Crippen molar-refractivity contribution in [3.63, 3.8) is 0 Å². The van der Waals surface area contributed by atoms with E-state index < -0.39 is 5.91 Å². The van der Waals surface area contributed by atoms with Crippen LogP contribution in [0, 0.1) is 0 Å². The first-order valence-electron chi connectivity index (χ1n) is 6.14. The molecule has 1 heterocycles. The Balaban J connectivity index is 0.000000211. The minimum atomic E-state index is -0.443. The molecule has 5 heteroatoms. The number of nitrogens with zero attached hydrogens (tertiary/aromatic N) is 1. The molecule has 1 amide bonds. The van der Waals surface area contributed by atoms with Gasteiger partial charge in [-0.3, -0.25) is 9.78 Å². The molecule has 0 aliphatic rings. The van der Waals surface area contributed by atoms with E-state index in [2.05, 4.69) is 9.72 Å². The van der Waals surface area contributed by atoms with Gasteiger partial charge in [-0.1, -0.05) is 18.2 Å². The van der Waals surface area contributed by atoms with E-state index in [1.807, 2.05) is 6.07 Å². The Bertz CT molecular complexity index is 595. The highest BCUT2D eigenvalue weighted by molar-refractivity contribution is 5.90. The number of hydrogen-bond acceptors (Lipinski definition) is 4. The summed E-state index contributed by atoms with van der Waals surface area (Å²) in [6.07, 6.45) is 6.26. The summed E-state index contributed by atoms with van der Waals surface area (Å²) in [5.74, 6) is -0.734.